The van der Waals surface area contributed by atoms with Gasteiger partial charge in [-0.05, 0) is 49.6 Å². The molecule has 0 aliphatic heterocycles. The summed E-state index contributed by atoms with van der Waals surface area (Å²) >= 11 is 0. The van der Waals surface area contributed by atoms with E-state index in [2.05, 4.69) is 10.3 Å². The van der Waals surface area contributed by atoms with Crippen LogP contribution < -0.4 is 5.32 Å². The minimum absolute atomic E-state index is 0.353. The molecule has 0 saturated heterocycles. The molecule has 0 saturated carbocycles. The second-order valence-corrected chi connectivity index (χ2v) is 6.59. The number of pyridine rings is 1. The molecule has 0 bridgehead atoms. The molecular weight excluding hydrogens is 343 g/mol. The second-order valence-electron chi connectivity index (χ2n) is 6.59. The Hall–Kier alpha value is -2.83. The summed E-state index contributed by atoms with van der Waals surface area (Å²) in [6.45, 7) is 1.99. The molecule has 26 heavy (non-hydrogen) atoms. The molecule has 0 fully saturated rings. The number of carbonyl (C=O) groups excluding carboxylic acids is 1. The van der Waals surface area contributed by atoms with Crippen LogP contribution >= 0.6 is 0 Å². The van der Waals surface area contributed by atoms with Crippen LogP contribution in [-0.4, -0.2) is 15.3 Å². The van der Waals surface area contributed by atoms with Gasteiger partial charge in [-0.15, -0.1) is 0 Å². The predicted octanol–water partition coefficient (Wildman–Crippen LogP) is 3.80. The molecule has 1 N–H and O–H groups in total. The van der Waals surface area contributed by atoms with E-state index < -0.39 is 29.3 Å². The number of halogens is 3. The van der Waals surface area contributed by atoms with Crippen molar-refractivity contribution in [3.8, 4) is 0 Å². The lowest BCUT2D eigenvalue weighted by atomic mass is 9.89. The monoisotopic (exact) mass is 359 g/mol. The van der Waals surface area contributed by atoms with Gasteiger partial charge in [0.2, 0.25) is 5.91 Å². The van der Waals surface area contributed by atoms with Crippen molar-refractivity contribution in [2.45, 2.75) is 26.2 Å². The Morgan fingerprint density at radius 1 is 1.23 bits per heavy atom. The van der Waals surface area contributed by atoms with Crippen LogP contribution in [0.15, 0.2) is 30.5 Å². The van der Waals surface area contributed by atoms with E-state index in [0.29, 0.717) is 19.3 Å². The minimum Gasteiger partial charge on any atom is -0.323 e. The second kappa shape index (κ2) is 6.16. The van der Waals surface area contributed by atoms with Crippen LogP contribution in [0.1, 0.15) is 23.4 Å². The Bertz CT molecular complexity index is 1030. The first-order chi connectivity index (χ1) is 12.4. The van der Waals surface area contributed by atoms with Crippen LogP contribution in [0.5, 0.6) is 0 Å². The van der Waals surface area contributed by atoms with Gasteiger partial charge in [0, 0.05) is 24.2 Å². The highest BCUT2D eigenvalue weighted by molar-refractivity contribution is 5.93. The topological polar surface area (TPSA) is 46.4 Å². The Morgan fingerprint density at radius 2 is 2.04 bits per heavy atom. The van der Waals surface area contributed by atoms with Crippen molar-refractivity contribution < 1.29 is 18.0 Å². The summed E-state index contributed by atoms with van der Waals surface area (Å²) in [6.07, 6.45) is 3.57. The van der Waals surface area contributed by atoms with Crippen molar-refractivity contribution in [1.29, 1.82) is 0 Å². The molecule has 2 aromatic heterocycles. The van der Waals surface area contributed by atoms with Crippen LogP contribution in [0.3, 0.4) is 0 Å². The van der Waals surface area contributed by atoms with E-state index in [0.717, 1.165) is 34.7 Å². The lowest BCUT2D eigenvalue weighted by Gasteiger charge is -2.21. The lowest BCUT2D eigenvalue weighted by Crippen LogP contribution is -2.29. The van der Waals surface area contributed by atoms with Gasteiger partial charge in [0.05, 0.1) is 11.4 Å². The number of carbonyl (C=O) groups is 1. The Labute approximate surface area is 147 Å². The molecule has 7 heteroatoms. The molecule has 0 radical (unpaired) electrons. The number of nitrogens with zero attached hydrogens (tertiary/aromatic N) is 2. The number of imidazole rings is 1. The summed E-state index contributed by atoms with van der Waals surface area (Å²) in [5, 5.41) is 2.38. The number of aryl methyl sites for hydroxylation is 2. The van der Waals surface area contributed by atoms with E-state index in [1.165, 1.54) is 0 Å². The first kappa shape index (κ1) is 16.6. The van der Waals surface area contributed by atoms with Gasteiger partial charge in [0.15, 0.2) is 17.5 Å². The SMILES string of the molecule is Cc1ccn2c3c(nc2c1)CCC(C(=O)Nc1ccc(F)c(F)c1F)C3. The maximum absolute atomic E-state index is 13.8. The largest absolute Gasteiger partial charge is 0.323 e. The molecule has 134 valence electrons. The quantitative estimate of drug-likeness (QED) is 0.708. The van der Waals surface area contributed by atoms with E-state index in [9.17, 15) is 18.0 Å². The zero-order chi connectivity index (χ0) is 18.4. The Balaban J connectivity index is 1.58. The van der Waals surface area contributed by atoms with E-state index in [1.54, 1.807) is 0 Å². The summed E-state index contributed by atoms with van der Waals surface area (Å²) in [6, 6.07) is 5.76. The van der Waals surface area contributed by atoms with Crippen molar-refractivity contribution in [3.05, 3.63) is 64.9 Å². The fourth-order valence-corrected chi connectivity index (χ4v) is 3.39. The molecule has 4 nitrogen and oxygen atoms in total. The number of amides is 1. The lowest BCUT2D eigenvalue weighted by molar-refractivity contribution is -0.120. The van der Waals surface area contributed by atoms with Gasteiger partial charge in [-0.25, -0.2) is 18.2 Å². The van der Waals surface area contributed by atoms with Crippen molar-refractivity contribution in [1.82, 2.24) is 9.38 Å². The number of aromatic nitrogens is 2. The maximum atomic E-state index is 13.8. The molecular formula is C19H16F3N3O. The molecule has 0 spiro atoms. The molecule has 1 aliphatic rings. The first-order valence-corrected chi connectivity index (χ1v) is 8.35. The van der Waals surface area contributed by atoms with Crippen LogP contribution in [0.25, 0.3) is 5.65 Å². The number of anilines is 1. The number of benzene rings is 1. The van der Waals surface area contributed by atoms with Crippen molar-refractivity contribution >= 4 is 17.2 Å². The smallest absolute Gasteiger partial charge is 0.227 e. The van der Waals surface area contributed by atoms with E-state index in [-0.39, 0.29) is 5.69 Å². The highest BCUT2D eigenvalue weighted by atomic mass is 19.2. The number of fused-ring (bicyclic) bond motifs is 3. The molecule has 1 unspecified atom stereocenters. The Morgan fingerprint density at radius 3 is 2.85 bits per heavy atom. The van der Waals surface area contributed by atoms with Gasteiger partial charge in [0.1, 0.15) is 5.65 Å². The number of hydrogen-bond donors (Lipinski definition) is 1. The third-order valence-corrected chi connectivity index (χ3v) is 4.80. The summed E-state index contributed by atoms with van der Waals surface area (Å²) in [5.41, 5.74) is 3.50. The van der Waals surface area contributed by atoms with Crippen molar-refractivity contribution in [3.63, 3.8) is 0 Å². The zero-order valence-corrected chi connectivity index (χ0v) is 14.0. The van der Waals surface area contributed by atoms with Crippen LogP contribution in [0.4, 0.5) is 18.9 Å². The van der Waals surface area contributed by atoms with Crippen LogP contribution in [0.2, 0.25) is 0 Å². The predicted molar refractivity (Wildman–Crippen MR) is 90.4 cm³/mol. The van der Waals surface area contributed by atoms with Gasteiger partial charge in [-0.2, -0.15) is 0 Å². The molecule has 3 aromatic rings. The molecule has 1 aliphatic carbocycles. The van der Waals surface area contributed by atoms with Crippen LogP contribution in [0, 0.1) is 30.3 Å². The highest BCUT2D eigenvalue weighted by Crippen LogP contribution is 2.28. The minimum atomic E-state index is -1.59. The average Bonchev–Trinajstić information content (AvgIpc) is 2.98. The number of rotatable bonds is 2. The molecule has 1 amide bonds. The fourth-order valence-electron chi connectivity index (χ4n) is 3.39. The Kier molecular flexibility index (Phi) is 3.94. The zero-order valence-electron chi connectivity index (χ0n) is 14.0. The summed E-state index contributed by atoms with van der Waals surface area (Å²) in [4.78, 5) is 17.1. The number of hydrogen-bond acceptors (Lipinski definition) is 2. The standard InChI is InChI=1S/C19H16F3N3O/c1-10-6-7-25-15-9-11(2-4-13(15)23-16(25)8-10)19(26)24-14-5-3-12(20)17(21)18(14)22/h3,5-8,11H,2,4,9H2,1H3,(H,24,26). The number of nitrogens with one attached hydrogen (secondary N) is 1. The van der Waals surface area contributed by atoms with Gasteiger partial charge >= 0.3 is 0 Å². The molecule has 4 rings (SSSR count). The van der Waals surface area contributed by atoms with Crippen LogP contribution in [-0.2, 0) is 17.6 Å². The van der Waals surface area contributed by atoms with Crippen molar-refractivity contribution in [2.75, 3.05) is 5.32 Å². The molecule has 2 heterocycles. The third kappa shape index (κ3) is 2.73. The normalized spacial score (nSPS) is 16.5. The maximum Gasteiger partial charge on any atom is 0.227 e. The van der Waals surface area contributed by atoms with Gasteiger partial charge in [0.25, 0.3) is 0 Å². The van der Waals surface area contributed by atoms with E-state index in [4.69, 9.17) is 0 Å². The summed E-state index contributed by atoms with van der Waals surface area (Å²) in [7, 11) is 0. The summed E-state index contributed by atoms with van der Waals surface area (Å²) in [5.74, 6) is -5.08. The van der Waals surface area contributed by atoms with Crippen molar-refractivity contribution in [2.24, 2.45) is 5.92 Å². The van der Waals surface area contributed by atoms with Gasteiger partial charge in [-0.3, -0.25) is 4.79 Å². The molecule has 1 atom stereocenters. The van der Waals surface area contributed by atoms with Gasteiger partial charge in [-0.1, -0.05) is 0 Å². The first-order valence-electron chi connectivity index (χ1n) is 8.35. The summed E-state index contributed by atoms with van der Waals surface area (Å²) < 4.78 is 42.1. The highest BCUT2D eigenvalue weighted by Gasteiger charge is 2.29. The van der Waals surface area contributed by atoms with E-state index in [1.807, 2.05) is 29.7 Å². The van der Waals surface area contributed by atoms with E-state index >= 15 is 0 Å². The van der Waals surface area contributed by atoms with Gasteiger partial charge < -0.3 is 9.72 Å². The average molecular weight is 359 g/mol. The third-order valence-electron chi connectivity index (χ3n) is 4.80. The fraction of sp³-hybridized carbons (Fsp3) is 0.263. The molecule has 1 aromatic carbocycles.